The molecule has 1 aliphatic rings. The summed E-state index contributed by atoms with van der Waals surface area (Å²) in [4.78, 5) is 79.5. The fourth-order valence-electron chi connectivity index (χ4n) is 5.78. The maximum Gasteiger partial charge on any atom is 0.408 e. The number of ketones is 2. The number of likely N-dealkylation sites (tertiary alicyclic amines) is 1. The van der Waals surface area contributed by atoms with Crippen LogP contribution in [0, 0.1) is 23.7 Å². The minimum atomic E-state index is -0.980. The van der Waals surface area contributed by atoms with Crippen molar-refractivity contribution >= 4 is 35.5 Å². The Morgan fingerprint density at radius 1 is 1.00 bits per heavy atom. The topological polar surface area (TPSA) is 145 Å². The van der Waals surface area contributed by atoms with Gasteiger partial charge in [0.1, 0.15) is 6.61 Å². The number of allylic oxidation sites excluding steroid dienone is 1. The Kier molecular flexibility index (Phi) is 16.9. The number of nitrogens with one attached hydrogen (secondary N) is 1. The highest BCUT2D eigenvalue weighted by Gasteiger charge is 2.40. The quantitative estimate of drug-likeness (QED) is 0.121. The van der Waals surface area contributed by atoms with E-state index in [0.717, 1.165) is 5.56 Å². The minimum absolute atomic E-state index is 0.0129. The van der Waals surface area contributed by atoms with Gasteiger partial charge in [-0.05, 0) is 56.4 Å². The molecule has 1 saturated heterocycles. The first kappa shape index (κ1) is 39.2. The molecule has 47 heavy (non-hydrogen) atoms. The fourth-order valence-corrected chi connectivity index (χ4v) is 5.78. The van der Waals surface area contributed by atoms with E-state index in [1.165, 1.54) is 13.2 Å². The van der Waals surface area contributed by atoms with Crippen LogP contribution in [-0.2, 0) is 44.8 Å². The largest absolute Gasteiger partial charge is 0.469 e. The van der Waals surface area contributed by atoms with Crippen LogP contribution in [0.4, 0.5) is 4.79 Å². The molecule has 2 amide bonds. The van der Waals surface area contributed by atoms with Crippen LogP contribution in [0.3, 0.4) is 0 Å². The molecular formula is C36H52N2O9. The number of methoxy groups -OCH3 is 1. The number of ether oxygens (including phenoxy) is 3. The van der Waals surface area contributed by atoms with Gasteiger partial charge in [-0.2, -0.15) is 0 Å². The number of nitrogens with zero attached hydrogens (tertiary/aromatic N) is 1. The van der Waals surface area contributed by atoms with Gasteiger partial charge in [0.05, 0.1) is 31.7 Å². The Morgan fingerprint density at radius 2 is 1.70 bits per heavy atom. The summed E-state index contributed by atoms with van der Waals surface area (Å²) in [5.74, 6) is -3.16. The second-order valence-corrected chi connectivity index (χ2v) is 12.7. The maximum atomic E-state index is 13.9. The van der Waals surface area contributed by atoms with Gasteiger partial charge in [0, 0.05) is 31.4 Å². The summed E-state index contributed by atoms with van der Waals surface area (Å²) in [6.45, 7) is 9.96. The standard InChI is InChI=1S/C36H52N2O9/c1-7-46-33(41)18-12-11-16-29(37-36(44)47-23-26-14-9-8-10-15-26)31(39)22-28(25(4)5)34(42)38-19-13-17-30(38)32(40)21-27(20-24(2)3)35(43)45-6/h8-10,12,14-15,18,24-25,27-30H,7,11,13,16-17,19-23H2,1-6H3,(H,37,44)/b18-12+/t27-,28+,29+,30+/m1/s1. The zero-order valence-corrected chi connectivity index (χ0v) is 28.7. The number of alkyl carbamates (subject to hydrolysis) is 1. The summed E-state index contributed by atoms with van der Waals surface area (Å²) in [5, 5.41) is 2.65. The van der Waals surface area contributed by atoms with Crippen LogP contribution in [-0.4, -0.2) is 72.8 Å². The molecule has 0 saturated carbocycles. The molecule has 1 aromatic carbocycles. The average Bonchev–Trinajstić information content (AvgIpc) is 3.53. The molecule has 1 heterocycles. The van der Waals surface area contributed by atoms with Gasteiger partial charge in [0.15, 0.2) is 11.6 Å². The van der Waals surface area contributed by atoms with Crippen LogP contribution in [0.2, 0.25) is 0 Å². The lowest BCUT2D eigenvalue weighted by molar-refractivity contribution is -0.149. The molecule has 11 nitrogen and oxygen atoms in total. The van der Waals surface area contributed by atoms with Gasteiger partial charge in [0.2, 0.25) is 5.91 Å². The van der Waals surface area contributed by atoms with Gasteiger partial charge in [-0.25, -0.2) is 9.59 Å². The van der Waals surface area contributed by atoms with Crippen molar-refractivity contribution < 1.29 is 43.0 Å². The van der Waals surface area contributed by atoms with Crippen molar-refractivity contribution in [3.63, 3.8) is 0 Å². The molecule has 0 aromatic heterocycles. The summed E-state index contributed by atoms with van der Waals surface area (Å²) in [7, 11) is 1.30. The van der Waals surface area contributed by atoms with Crippen molar-refractivity contribution in [2.45, 2.75) is 98.3 Å². The Balaban J connectivity index is 2.17. The molecule has 1 N–H and O–H groups in total. The highest BCUT2D eigenvalue weighted by atomic mass is 16.5. The lowest BCUT2D eigenvalue weighted by atomic mass is 9.86. The monoisotopic (exact) mass is 656 g/mol. The molecule has 260 valence electrons. The van der Waals surface area contributed by atoms with E-state index in [2.05, 4.69) is 5.32 Å². The normalized spacial score (nSPS) is 16.5. The van der Waals surface area contributed by atoms with Gasteiger partial charge in [-0.1, -0.05) is 64.1 Å². The molecule has 0 aliphatic carbocycles. The van der Waals surface area contributed by atoms with E-state index in [9.17, 15) is 28.8 Å². The predicted octanol–water partition coefficient (Wildman–Crippen LogP) is 5.20. The Bertz CT molecular complexity index is 1230. The summed E-state index contributed by atoms with van der Waals surface area (Å²) in [6.07, 6.45) is 3.98. The number of hydrogen-bond acceptors (Lipinski definition) is 9. The van der Waals surface area contributed by atoms with E-state index in [1.807, 2.05) is 58.0 Å². The predicted molar refractivity (Wildman–Crippen MR) is 176 cm³/mol. The number of esters is 2. The van der Waals surface area contributed by atoms with Crippen molar-refractivity contribution in [3.8, 4) is 0 Å². The first-order valence-corrected chi connectivity index (χ1v) is 16.6. The minimum Gasteiger partial charge on any atom is -0.469 e. The molecule has 0 spiro atoms. The van der Waals surface area contributed by atoms with Crippen LogP contribution < -0.4 is 5.32 Å². The molecule has 1 fully saturated rings. The molecule has 4 atom stereocenters. The average molecular weight is 657 g/mol. The van der Waals surface area contributed by atoms with E-state index < -0.39 is 42.0 Å². The third-order valence-corrected chi connectivity index (χ3v) is 8.24. The van der Waals surface area contributed by atoms with Gasteiger partial charge in [0.25, 0.3) is 0 Å². The Labute approximate surface area is 278 Å². The third kappa shape index (κ3) is 13.3. The number of carbonyl (C=O) groups is 6. The van der Waals surface area contributed by atoms with Crippen LogP contribution in [0.15, 0.2) is 42.5 Å². The Morgan fingerprint density at radius 3 is 2.32 bits per heavy atom. The number of benzene rings is 1. The number of carbonyl (C=O) groups excluding carboxylic acids is 6. The molecule has 1 aliphatic heterocycles. The first-order valence-electron chi connectivity index (χ1n) is 16.6. The van der Waals surface area contributed by atoms with Crippen LogP contribution in [0.25, 0.3) is 0 Å². The molecular weight excluding hydrogens is 604 g/mol. The number of amides is 2. The second-order valence-electron chi connectivity index (χ2n) is 12.7. The lowest BCUT2D eigenvalue weighted by Crippen LogP contribution is -2.47. The zero-order valence-electron chi connectivity index (χ0n) is 28.7. The summed E-state index contributed by atoms with van der Waals surface area (Å²) in [6, 6.07) is 7.46. The van der Waals surface area contributed by atoms with Crippen molar-refractivity contribution in [2.24, 2.45) is 23.7 Å². The van der Waals surface area contributed by atoms with Crippen molar-refractivity contribution in [1.82, 2.24) is 10.2 Å². The number of Topliss-reactive ketones (excluding diaryl/α,β-unsaturated/α-hetero) is 2. The fraction of sp³-hybridized carbons (Fsp3) is 0.611. The van der Waals surface area contributed by atoms with Crippen molar-refractivity contribution in [3.05, 3.63) is 48.0 Å². The molecule has 0 radical (unpaired) electrons. The van der Waals surface area contributed by atoms with E-state index in [0.29, 0.717) is 25.8 Å². The molecule has 0 bridgehead atoms. The number of rotatable bonds is 19. The second kappa shape index (κ2) is 20.3. The maximum absolute atomic E-state index is 13.9. The lowest BCUT2D eigenvalue weighted by Gasteiger charge is -2.31. The molecule has 1 aromatic rings. The van der Waals surface area contributed by atoms with E-state index >= 15 is 0 Å². The SMILES string of the molecule is CCOC(=O)/C=C/CC[C@H](NC(=O)OCc1ccccc1)C(=O)C[C@H](C(=O)N1CCC[C@H]1C(=O)C[C@@H](CC(C)C)C(=O)OC)C(C)C. The van der Waals surface area contributed by atoms with Gasteiger partial charge in [-0.15, -0.1) is 0 Å². The van der Waals surface area contributed by atoms with Gasteiger partial charge in [-0.3, -0.25) is 19.2 Å². The summed E-state index contributed by atoms with van der Waals surface area (Å²) < 4.78 is 15.2. The van der Waals surface area contributed by atoms with E-state index in [1.54, 1.807) is 17.9 Å². The summed E-state index contributed by atoms with van der Waals surface area (Å²) >= 11 is 0. The van der Waals surface area contributed by atoms with Gasteiger partial charge < -0.3 is 24.4 Å². The first-order chi connectivity index (χ1) is 22.4. The van der Waals surface area contributed by atoms with E-state index in [-0.39, 0.29) is 68.2 Å². The van der Waals surface area contributed by atoms with Crippen LogP contribution in [0.1, 0.15) is 85.1 Å². The van der Waals surface area contributed by atoms with Crippen molar-refractivity contribution in [1.29, 1.82) is 0 Å². The third-order valence-electron chi connectivity index (χ3n) is 8.24. The highest BCUT2D eigenvalue weighted by molar-refractivity contribution is 5.95. The van der Waals surface area contributed by atoms with Crippen molar-refractivity contribution in [2.75, 3.05) is 20.3 Å². The van der Waals surface area contributed by atoms with Crippen LogP contribution >= 0.6 is 0 Å². The smallest absolute Gasteiger partial charge is 0.408 e. The van der Waals surface area contributed by atoms with Crippen LogP contribution in [0.5, 0.6) is 0 Å². The highest BCUT2D eigenvalue weighted by Crippen LogP contribution is 2.29. The molecule has 0 unspecified atom stereocenters. The zero-order chi connectivity index (χ0) is 34.9. The van der Waals surface area contributed by atoms with E-state index in [4.69, 9.17) is 14.2 Å². The molecule has 11 heteroatoms. The van der Waals surface area contributed by atoms with Gasteiger partial charge >= 0.3 is 18.0 Å². The number of hydrogen-bond donors (Lipinski definition) is 1. The molecule has 2 rings (SSSR count). The Hall–Kier alpha value is -4.02. The summed E-state index contributed by atoms with van der Waals surface area (Å²) in [5.41, 5.74) is 0.783.